The SMILES string of the molecule is CCCCC[C@@H](C(=O)O)[C@@H](C)CCC(=O)Nc1ccc(C(=O)O)cc1. The van der Waals surface area contributed by atoms with Gasteiger partial charge in [-0.25, -0.2) is 4.79 Å². The lowest BCUT2D eigenvalue weighted by molar-refractivity contribution is -0.144. The molecule has 0 aliphatic rings. The van der Waals surface area contributed by atoms with Gasteiger partial charge < -0.3 is 15.5 Å². The number of amides is 1. The summed E-state index contributed by atoms with van der Waals surface area (Å²) >= 11 is 0. The first-order valence-electron chi connectivity index (χ1n) is 8.71. The molecule has 0 aliphatic heterocycles. The third-order valence-corrected chi connectivity index (χ3v) is 4.37. The van der Waals surface area contributed by atoms with Crippen LogP contribution in [0.4, 0.5) is 5.69 Å². The van der Waals surface area contributed by atoms with Gasteiger partial charge in [-0.15, -0.1) is 0 Å². The number of carbonyl (C=O) groups excluding carboxylic acids is 1. The summed E-state index contributed by atoms with van der Waals surface area (Å²) in [4.78, 5) is 34.2. The Kier molecular flexibility index (Phi) is 8.67. The lowest BCUT2D eigenvalue weighted by Gasteiger charge is -2.20. The van der Waals surface area contributed by atoms with Gasteiger partial charge >= 0.3 is 11.9 Å². The van der Waals surface area contributed by atoms with Gasteiger partial charge in [-0.1, -0.05) is 33.1 Å². The number of hydrogen-bond donors (Lipinski definition) is 3. The maximum absolute atomic E-state index is 12.0. The van der Waals surface area contributed by atoms with Crippen molar-refractivity contribution in [3.8, 4) is 0 Å². The van der Waals surface area contributed by atoms with Crippen molar-refractivity contribution in [2.24, 2.45) is 11.8 Å². The number of benzene rings is 1. The molecule has 1 aromatic rings. The lowest BCUT2D eigenvalue weighted by atomic mass is 9.86. The molecule has 0 radical (unpaired) electrons. The molecule has 0 saturated carbocycles. The smallest absolute Gasteiger partial charge is 0.335 e. The maximum atomic E-state index is 12.0. The van der Waals surface area contributed by atoms with Crippen LogP contribution in [0.2, 0.25) is 0 Å². The van der Waals surface area contributed by atoms with Crippen LogP contribution in [-0.4, -0.2) is 28.1 Å². The highest BCUT2D eigenvalue weighted by molar-refractivity contribution is 5.92. The maximum Gasteiger partial charge on any atom is 0.335 e. The van der Waals surface area contributed by atoms with E-state index in [1.54, 1.807) is 0 Å². The normalized spacial score (nSPS) is 13.0. The Morgan fingerprint density at radius 1 is 1.04 bits per heavy atom. The van der Waals surface area contributed by atoms with E-state index >= 15 is 0 Å². The Hall–Kier alpha value is -2.37. The fraction of sp³-hybridized carbons (Fsp3) is 0.526. The zero-order valence-electron chi connectivity index (χ0n) is 14.8. The zero-order valence-corrected chi connectivity index (χ0v) is 14.8. The summed E-state index contributed by atoms with van der Waals surface area (Å²) in [5.74, 6) is -2.51. The summed E-state index contributed by atoms with van der Waals surface area (Å²) in [6, 6.07) is 5.93. The van der Waals surface area contributed by atoms with E-state index in [1.165, 1.54) is 24.3 Å². The topological polar surface area (TPSA) is 104 Å². The van der Waals surface area contributed by atoms with Gasteiger partial charge in [0.1, 0.15) is 0 Å². The quantitative estimate of drug-likeness (QED) is 0.523. The molecule has 0 aromatic heterocycles. The monoisotopic (exact) mass is 349 g/mol. The number of hydrogen-bond acceptors (Lipinski definition) is 3. The molecule has 0 spiro atoms. The van der Waals surface area contributed by atoms with Crippen molar-refractivity contribution in [1.82, 2.24) is 0 Å². The van der Waals surface area contributed by atoms with Crippen molar-refractivity contribution in [2.75, 3.05) is 5.32 Å². The molecule has 2 atom stereocenters. The van der Waals surface area contributed by atoms with E-state index in [9.17, 15) is 19.5 Å². The van der Waals surface area contributed by atoms with E-state index in [-0.39, 0.29) is 23.8 Å². The molecule has 1 aromatic carbocycles. The summed E-state index contributed by atoms with van der Waals surface area (Å²) in [5.41, 5.74) is 0.684. The Bertz CT molecular complexity index is 582. The summed E-state index contributed by atoms with van der Waals surface area (Å²) in [5, 5.41) is 20.9. The van der Waals surface area contributed by atoms with Crippen LogP contribution in [0.1, 0.15) is 62.7 Å². The molecular weight excluding hydrogens is 322 g/mol. The van der Waals surface area contributed by atoms with Gasteiger partial charge in [-0.05, 0) is 43.0 Å². The number of rotatable bonds is 11. The van der Waals surface area contributed by atoms with Gasteiger partial charge in [-0.3, -0.25) is 9.59 Å². The Balaban J connectivity index is 2.47. The number of nitrogens with one attached hydrogen (secondary N) is 1. The molecular formula is C19H27NO5. The number of aromatic carboxylic acids is 1. The predicted molar refractivity (Wildman–Crippen MR) is 95.7 cm³/mol. The van der Waals surface area contributed by atoms with Gasteiger partial charge in [0, 0.05) is 12.1 Å². The van der Waals surface area contributed by atoms with Crippen molar-refractivity contribution in [1.29, 1.82) is 0 Å². The number of anilines is 1. The third-order valence-electron chi connectivity index (χ3n) is 4.37. The fourth-order valence-electron chi connectivity index (χ4n) is 2.75. The van der Waals surface area contributed by atoms with Crippen LogP contribution in [0, 0.1) is 11.8 Å². The Labute approximate surface area is 148 Å². The number of carbonyl (C=O) groups is 3. The van der Waals surface area contributed by atoms with E-state index in [2.05, 4.69) is 12.2 Å². The number of unbranched alkanes of at least 4 members (excludes halogenated alkanes) is 2. The Morgan fingerprint density at radius 3 is 2.20 bits per heavy atom. The molecule has 6 heteroatoms. The first-order valence-corrected chi connectivity index (χ1v) is 8.71. The van der Waals surface area contributed by atoms with Gasteiger partial charge in [0.25, 0.3) is 0 Å². The van der Waals surface area contributed by atoms with Crippen LogP contribution >= 0.6 is 0 Å². The lowest BCUT2D eigenvalue weighted by Crippen LogP contribution is -2.23. The van der Waals surface area contributed by atoms with Crippen molar-refractivity contribution in [3.63, 3.8) is 0 Å². The predicted octanol–water partition coefficient (Wildman–Crippen LogP) is 4.02. The second-order valence-electron chi connectivity index (χ2n) is 6.39. The minimum atomic E-state index is -1.02. The van der Waals surface area contributed by atoms with Gasteiger partial charge in [-0.2, -0.15) is 0 Å². The minimum Gasteiger partial charge on any atom is -0.481 e. The average Bonchev–Trinajstić information content (AvgIpc) is 2.56. The van der Waals surface area contributed by atoms with Gasteiger partial charge in [0.15, 0.2) is 0 Å². The molecule has 0 saturated heterocycles. The molecule has 1 rings (SSSR count). The second-order valence-corrected chi connectivity index (χ2v) is 6.39. The van der Waals surface area contributed by atoms with E-state index in [4.69, 9.17) is 5.11 Å². The van der Waals surface area contributed by atoms with Crippen LogP contribution in [0.3, 0.4) is 0 Å². The molecule has 0 aliphatic carbocycles. The molecule has 0 unspecified atom stereocenters. The highest BCUT2D eigenvalue weighted by Gasteiger charge is 2.24. The van der Waals surface area contributed by atoms with Crippen molar-refractivity contribution in [3.05, 3.63) is 29.8 Å². The summed E-state index contributed by atoms with van der Waals surface area (Å²) in [6.07, 6.45) is 4.33. The van der Waals surface area contributed by atoms with Crippen molar-refractivity contribution >= 4 is 23.5 Å². The first kappa shape index (κ1) is 20.7. The molecule has 1 amide bonds. The van der Waals surface area contributed by atoms with E-state index < -0.39 is 17.9 Å². The molecule has 0 heterocycles. The standard InChI is InChI=1S/C19H27NO5/c1-3-4-5-6-16(19(24)25)13(2)7-12-17(21)20-15-10-8-14(9-11-15)18(22)23/h8-11,13,16H,3-7,12H2,1-2H3,(H,20,21)(H,22,23)(H,24,25)/t13-,16+/m0/s1. The summed E-state index contributed by atoms with van der Waals surface area (Å²) in [6.45, 7) is 3.95. The van der Waals surface area contributed by atoms with Gasteiger partial charge in [0.2, 0.25) is 5.91 Å². The van der Waals surface area contributed by atoms with Crippen LogP contribution in [0.25, 0.3) is 0 Å². The Morgan fingerprint density at radius 2 is 1.68 bits per heavy atom. The highest BCUT2D eigenvalue weighted by atomic mass is 16.4. The number of carboxylic acids is 2. The van der Waals surface area contributed by atoms with E-state index in [1.807, 2.05) is 6.92 Å². The van der Waals surface area contributed by atoms with Crippen molar-refractivity contribution < 1.29 is 24.6 Å². The molecule has 0 fully saturated rings. The first-order chi connectivity index (χ1) is 11.8. The van der Waals surface area contributed by atoms with E-state index in [0.717, 1.165) is 19.3 Å². The van der Waals surface area contributed by atoms with Gasteiger partial charge in [0.05, 0.1) is 11.5 Å². The molecule has 3 N–H and O–H groups in total. The molecule has 0 bridgehead atoms. The van der Waals surface area contributed by atoms with Crippen LogP contribution in [-0.2, 0) is 9.59 Å². The van der Waals surface area contributed by atoms with Crippen LogP contribution < -0.4 is 5.32 Å². The fourth-order valence-corrected chi connectivity index (χ4v) is 2.75. The van der Waals surface area contributed by atoms with Crippen LogP contribution in [0.15, 0.2) is 24.3 Å². The highest BCUT2D eigenvalue weighted by Crippen LogP contribution is 2.24. The summed E-state index contributed by atoms with van der Waals surface area (Å²) < 4.78 is 0. The summed E-state index contributed by atoms with van der Waals surface area (Å²) in [7, 11) is 0. The third kappa shape index (κ3) is 7.37. The molecule has 25 heavy (non-hydrogen) atoms. The zero-order chi connectivity index (χ0) is 18.8. The van der Waals surface area contributed by atoms with E-state index in [0.29, 0.717) is 18.5 Å². The number of aliphatic carboxylic acids is 1. The number of carboxylic acid groups (broad SMARTS) is 2. The molecule has 6 nitrogen and oxygen atoms in total. The second kappa shape index (κ2) is 10.5. The molecule has 138 valence electrons. The minimum absolute atomic E-state index is 0.0745. The average molecular weight is 349 g/mol. The van der Waals surface area contributed by atoms with Crippen LogP contribution in [0.5, 0.6) is 0 Å². The largest absolute Gasteiger partial charge is 0.481 e. The van der Waals surface area contributed by atoms with Crippen molar-refractivity contribution in [2.45, 2.75) is 52.4 Å².